The van der Waals surface area contributed by atoms with E-state index in [2.05, 4.69) is 0 Å². The highest BCUT2D eigenvalue weighted by atomic mass is 32.3. The van der Waals surface area contributed by atoms with Gasteiger partial charge < -0.3 is 10.2 Å². The lowest BCUT2D eigenvalue weighted by molar-refractivity contribution is 0.101. The van der Waals surface area contributed by atoms with Gasteiger partial charge in [-0.05, 0) is 57.9 Å². The van der Waals surface area contributed by atoms with Gasteiger partial charge in [-0.25, -0.2) is 0 Å². The number of phenolic OH excluding ortho intramolecular Hbond substituents is 2. The molecule has 0 bridgehead atoms. The van der Waals surface area contributed by atoms with Crippen LogP contribution in [-0.2, 0) is 0 Å². The van der Waals surface area contributed by atoms with Crippen LogP contribution in [0, 0.1) is 0 Å². The number of rotatable bonds is 6. The molecule has 0 aromatic heterocycles. The van der Waals surface area contributed by atoms with Crippen molar-refractivity contribution in [2.24, 2.45) is 0 Å². The van der Waals surface area contributed by atoms with Crippen molar-refractivity contribution in [3.05, 3.63) is 83.9 Å². The molecule has 7 heteroatoms. The lowest BCUT2D eigenvalue weighted by Gasteiger charge is -2.30. The Bertz CT molecular complexity index is 1230. The fourth-order valence-electron chi connectivity index (χ4n) is 3.45. The minimum Gasteiger partial charge on any atom is -0.508 e. The second-order valence-corrected chi connectivity index (χ2v) is 9.61. The van der Waals surface area contributed by atoms with Crippen LogP contribution in [-0.4, -0.2) is 42.4 Å². The number of fused-ring (bicyclic) bond motifs is 2. The smallest absolute Gasteiger partial charge is 0.181 e. The molecule has 0 spiro atoms. The van der Waals surface area contributed by atoms with Gasteiger partial charge in [-0.15, -0.1) is 0 Å². The Kier molecular flexibility index (Phi) is 5.41. The van der Waals surface area contributed by atoms with Gasteiger partial charge in [0.25, 0.3) is 0 Å². The molecule has 0 heterocycles. The Morgan fingerprint density at radius 2 is 0.935 bits per heavy atom. The molecule has 31 heavy (non-hydrogen) atoms. The zero-order valence-corrected chi connectivity index (χ0v) is 17.2. The number of phenols is 2. The summed E-state index contributed by atoms with van der Waals surface area (Å²) in [6.45, 7) is 0. The molecule has 158 valence electrons. The molecule has 0 aliphatic heterocycles. The SMILES string of the molecule is O=C(CS(O)(O)CC(=O)c1ccc2cc(O)ccc2c1)c1ccc2cc(O)ccc2c1. The molecule has 4 aromatic carbocycles. The fraction of sp³-hybridized carbons (Fsp3) is 0.0833. The zero-order chi connectivity index (χ0) is 22.2. The molecule has 0 aliphatic carbocycles. The summed E-state index contributed by atoms with van der Waals surface area (Å²) in [6, 6.07) is 19.2. The molecule has 6 nitrogen and oxygen atoms in total. The number of carbonyl (C=O) groups excluding carboxylic acids is 2. The van der Waals surface area contributed by atoms with E-state index in [4.69, 9.17) is 0 Å². The first-order valence-electron chi connectivity index (χ1n) is 9.46. The summed E-state index contributed by atoms with van der Waals surface area (Å²) in [7, 11) is -3.48. The molecule has 0 saturated heterocycles. The topological polar surface area (TPSA) is 115 Å². The summed E-state index contributed by atoms with van der Waals surface area (Å²) in [6.07, 6.45) is 0. The van der Waals surface area contributed by atoms with Crippen LogP contribution < -0.4 is 0 Å². The minimum absolute atomic E-state index is 0.116. The lowest BCUT2D eigenvalue weighted by Crippen LogP contribution is -2.21. The Hall–Kier alpha value is -3.39. The summed E-state index contributed by atoms with van der Waals surface area (Å²) >= 11 is 0. The van der Waals surface area contributed by atoms with E-state index in [1.165, 1.54) is 12.1 Å². The maximum Gasteiger partial charge on any atom is 0.181 e. The van der Waals surface area contributed by atoms with E-state index in [9.17, 15) is 28.9 Å². The van der Waals surface area contributed by atoms with Crippen LogP contribution in [0.5, 0.6) is 11.5 Å². The highest BCUT2D eigenvalue weighted by molar-refractivity contribution is 8.25. The average molecular weight is 436 g/mol. The Labute approximate surface area is 179 Å². The van der Waals surface area contributed by atoms with Crippen molar-refractivity contribution in [1.29, 1.82) is 0 Å². The van der Waals surface area contributed by atoms with Gasteiger partial charge in [-0.3, -0.25) is 18.7 Å². The van der Waals surface area contributed by atoms with E-state index in [1.54, 1.807) is 60.7 Å². The highest BCUT2D eigenvalue weighted by Crippen LogP contribution is 2.40. The maximum atomic E-state index is 12.6. The van der Waals surface area contributed by atoms with Gasteiger partial charge in [0.15, 0.2) is 11.6 Å². The largest absolute Gasteiger partial charge is 0.508 e. The van der Waals surface area contributed by atoms with Crippen LogP contribution in [0.4, 0.5) is 0 Å². The van der Waals surface area contributed by atoms with E-state index < -0.39 is 33.7 Å². The first kappa shape index (κ1) is 20.9. The van der Waals surface area contributed by atoms with E-state index in [0.717, 1.165) is 21.5 Å². The Morgan fingerprint density at radius 1 is 0.581 bits per heavy atom. The van der Waals surface area contributed by atoms with Gasteiger partial charge in [0, 0.05) is 11.1 Å². The van der Waals surface area contributed by atoms with Gasteiger partial charge in [0.05, 0.1) is 0 Å². The molecule has 0 aliphatic rings. The van der Waals surface area contributed by atoms with Crippen molar-refractivity contribution in [3.63, 3.8) is 0 Å². The second kappa shape index (κ2) is 8.03. The standard InChI is InChI=1S/C24H20O6S/c25-21-7-5-15-9-19(3-1-17(15)11-21)23(27)13-31(29,30)14-24(28)20-4-2-18-12-22(26)8-6-16(18)10-20/h1-12,25-26,29-30H,13-14H2. The first-order chi connectivity index (χ1) is 14.7. The number of Topliss-reactive ketones (excluding diaryl/α,β-unsaturated/α-hetero) is 2. The monoisotopic (exact) mass is 436 g/mol. The number of hydrogen-bond donors (Lipinski definition) is 4. The fourth-order valence-corrected chi connectivity index (χ4v) is 4.73. The van der Waals surface area contributed by atoms with Gasteiger partial charge in [-0.2, -0.15) is 10.6 Å². The van der Waals surface area contributed by atoms with E-state index in [0.29, 0.717) is 11.1 Å². The van der Waals surface area contributed by atoms with Gasteiger partial charge >= 0.3 is 0 Å². The van der Waals surface area contributed by atoms with E-state index in [1.807, 2.05) is 0 Å². The van der Waals surface area contributed by atoms with Gasteiger partial charge in [0.2, 0.25) is 0 Å². The Balaban J connectivity index is 1.49. The van der Waals surface area contributed by atoms with Crippen molar-refractivity contribution >= 4 is 43.7 Å². The quantitative estimate of drug-likeness (QED) is 0.308. The zero-order valence-electron chi connectivity index (χ0n) is 16.4. The number of carbonyl (C=O) groups is 2. The van der Waals surface area contributed by atoms with Crippen molar-refractivity contribution in [1.82, 2.24) is 0 Å². The van der Waals surface area contributed by atoms with Crippen molar-refractivity contribution in [2.45, 2.75) is 0 Å². The summed E-state index contributed by atoms with van der Waals surface area (Å²) in [5.41, 5.74) is 0.604. The van der Waals surface area contributed by atoms with Crippen LogP contribution >= 0.6 is 10.6 Å². The third kappa shape index (κ3) is 4.69. The first-order valence-corrected chi connectivity index (χ1v) is 11.3. The van der Waals surface area contributed by atoms with Crippen LogP contribution in [0.15, 0.2) is 72.8 Å². The third-order valence-corrected chi connectivity index (χ3v) is 6.47. The van der Waals surface area contributed by atoms with E-state index in [-0.39, 0.29) is 11.5 Å². The molecular weight excluding hydrogens is 416 g/mol. The highest BCUT2D eigenvalue weighted by Gasteiger charge is 2.23. The summed E-state index contributed by atoms with van der Waals surface area (Å²) < 4.78 is 20.8. The van der Waals surface area contributed by atoms with Crippen LogP contribution in [0.1, 0.15) is 20.7 Å². The van der Waals surface area contributed by atoms with Crippen LogP contribution in [0.25, 0.3) is 21.5 Å². The number of aromatic hydroxyl groups is 2. The number of benzene rings is 4. The second-order valence-electron chi connectivity index (χ2n) is 7.43. The third-order valence-electron chi connectivity index (χ3n) is 5.02. The summed E-state index contributed by atoms with van der Waals surface area (Å²) in [5.74, 6) is -1.82. The molecular formula is C24H20O6S. The molecule has 0 radical (unpaired) electrons. The minimum atomic E-state index is -3.48. The molecule has 4 aromatic rings. The predicted molar refractivity (Wildman–Crippen MR) is 122 cm³/mol. The molecule has 0 saturated carbocycles. The van der Waals surface area contributed by atoms with Crippen LogP contribution in [0.2, 0.25) is 0 Å². The van der Waals surface area contributed by atoms with Crippen molar-refractivity contribution < 1.29 is 28.9 Å². The molecule has 0 atom stereocenters. The summed E-state index contributed by atoms with van der Waals surface area (Å²) in [4.78, 5) is 25.2. The predicted octanol–water partition coefficient (Wildman–Crippen LogP) is 5.22. The summed E-state index contributed by atoms with van der Waals surface area (Å²) in [5, 5.41) is 22.0. The molecule has 4 rings (SSSR count). The number of hydrogen-bond acceptors (Lipinski definition) is 6. The Morgan fingerprint density at radius 3 is 1.35 bits per heavy atom. The molecule has 0 unspecified atom stereocenters. The van der Waals surface area contributed by atoms with Crippen molar-refractivity contribution in [2.75, 3.05) is 11.5 Å². The maximum absolute atomic E-state index is 12.6. The molecule has 0 amide bonds. The van der Waals surface area contributed by atoms with Gasteiger partial charge in [0.1, 0.15) is 23.0 Å². The molecule has 0 fully saturated rings. The lowest BCUT2D eigenvalue weighted by atomic mass is 10.0. The normalized spacial score (nSPS) is 12.2. The average Bonchev–Trinajstić information content (AvgIpc) is 2.72. The van der Waals surface area contributed by atoms with Crippen LogP contribution in [0.3, 0.4) is 0 Å². The van der Waals surface area contributed by atoms with Gasteiger partial charge in [-0.1, -0.05) is 36.4 Å². The van der Waals surface area contributed by atoms with Crippen molar-refractivity contribution in [3.8, 4) is 11.5 Å². The van der Waals surface area contributed by atoms with E-state index >= 15 is 0 Å². The molecule has 4 N–H and O–H groups in total. The number of ketones is 2.